The van der Waals surface area contributed by atoms with Crippen LogP contribution in [0.25, 0.3) is 33.4 Å². The highest BCUT2D eigenvalue weighted by Crippen LogP contribution is 2.40. The van der Waals surface area contributed by atoms with Crippen LogP contribution in [-0.2, 0) is 0 Å². The van der Waals surface area contributed by atoms with Gasteiger partial charge in [-0.1, -0.05) is 164 Å². The van der Waals surface area contributed by atoms with Crippen molar-refractivity contribution in [1.82, 2.24) is 14.7 Å². The maximum Gasteiger partial charge on any atom is 0.119 e. The van der Waals surface area contributed by atoms with Crippen molar-refractivity contribution in [2.75, 3.05) is 80.4 Å². The lowest BCUT2D eigenvalue weighted by Gasteiger charge is -2.20. The number of hydrogen-bond acceptors (Lipinski definition) is 12. The molecule has 6 N–H and O–H groups in total. The minimum absolute atomic E-state index is 0.140. The van der Waals surface area contributed by atoms with Crippen molar-refractivity contribution in [1.29, 1.82) is 0 Å². The van der Waals surface area contributed by atoms with E-state index in [0.717, 1.165) is 129 Å². The number of benzene rings is 9. The number of allylic oxidation sites excluding steroid dienone is 3. The molecule has 100 heavy (non-hydrogen) atoms. The summed E-state index contributed by atoms with van der Waals surface area (Å²) < 4.78 is 18.3. The normalized spacial score (nSPS) is 17.0. The second kappa shape index (κ2) is 38.4. The van der Waals surface area contributed by atoms with Gasteiger partial charge in [0.25, 0.3) is 0 Å². The number of likely N-dealkylation sites (N-methyl/N-ethyl adjacent to an activating group) is 2. The van der Waals surface area contributed by atoms with E-state index in [4.69, 9.17) is 14.2 Å². The summed E-state index contributed by atoms with van der Waals surface area (Å²) in [4.78, 5) is 7.17. The Morgan fingerprint density at radius 3 is 0.840 bits per heavy atom. The Balaban J connectivity index is 0.000000162. The summed E-state index contributed by atoms with van der Waals surface area (Å²) in [6, 6.07) is 79.5. The van der Waals surface area contributed by atoms with E-state index in [0.29, 0.717) is 50.6 Å². The first-order chi connectivity index (χ1) is 49.0. The second-order valence-corrected chi connectivity index (χ2v) is 26.4. The number of nitrogens with zero attached hydrogens (tertiary/aromatic N) is 3. The Hall–Kier alpha value is -9.24. The van der Waals surface area contributed by atoms with E-state index >= 15 is 0 Å². The van der Waals surface area contributed by atoms with Gasteiger partial charge < -0.3 is 59.5 Å². The van der Waals surface area contributed by atoms with Gasteiger partial charge in [0, 0.05) is 37.9 Å². The zero-order valence-corrected chi connectivity index (χ0v) is 58.6. The van der Waals surface area contributed by atoms with Crippen LogP contribution in [0.3, 0.4) is 0 Å². The molecule has 0 radical (unpaired) electrons. The van der Waals surface area contributed by atoms with Gasteiger partial charge in [0.1, 0.15) is 47.7 Å². The highest BCUT2D eigenvalue weighted by Gasteiger charge is 2.25. The molecule has 0 saturated carbocycles. The molecule has 9 aromatic carbocycles. The third-order valence-corrected chi connectivity index (χ3v) is 19.5. The Kier molecular flexibility index (Phi) is 28.2. The van der Waals surface area contributed by atoms with Crippen LogP contribution in [0.15, 0.2) is 237 Å². The topological polar surface area (TPSA) is 159 Å². The van der Waals surface area contributed by atoms with Gasteiger partial charge in [-0.15, -0.1) is 0 Å². The predicted molar refractivity (Wildman–Crippen MR) is 408 cm³/mol. The molecule has 3 aliphatic rings. The number of aromatic hydroxyl groups is 3. The minimum atomic E-state index is 0.140. The van der Waals surface area contributed by atoms with Crippen LogP contribution < -0.4 is 14.2 Å². The molecule has 12 heteroatoms. The number of phenolic OH excluding ortho intramolecular Hbond substituents is 3. The van der Waals surface area contributed by atoms with Crippen LogP contribution >= 0.6 is 0 Å². The highest BCUT2D eigenvalue weighted by molar-refractivity contribution is 6.01. The molecule has 0 bridgehead atoms. The maximum absolute atomic E-state index is 9.85. The van der Waals surface area contributed by atoms with Crippen LogP contribution in [0.4, 0.5) is 0 Å². The van der Waals surface area contributed by atoms with Crippen molar-refractivity contribution in [3.63, 3.8) is 0 Å². The Labute approximate surface area is 593 Å². The second-order valence-electron chi connectivity index (χ2n) is 26.4. The summed E-state index contributed by atoms with van der Waals surface area (Å²) in [5.74, 6) is 3.37. The van der Waals surface area contributed by atoms with E-state index in [1.54, 1.807) is 36.4 Å². The molecular formula is C88H101N3O9. The molecule has 0 spiro atoms. The predicted octanol–water partition coefficient (Wildman–Crippen LogP) is 17.2. The molecule has 3 saturated heterocycles. The fourth-order valence-electron chi connectivity index (χ4n) is 13.9. The van der Waals surface area contributed by atoms with E-state index in [-0.39, 0.29) is 37.1 Å². The number of ether oxygens (including phenoxy) is 3. The van der Waals surface area contributed by atoms with Crippen LogP contribution in [0, 0.1) is 0 Å². The summed E-state index contributed by atoms with van der Waals surface area (Å²) in [6.45, 7) is 6.04. The van der Waals surface area contributed by atoms with E-state index < -0.39 is 0 Å². The molecule has 9 aromatic rings. The third kappa shape index (κ3) is 20.9. The molecule has 3 fully saturated rings. The number of aliphatic hydroxyl groups excluding tert-OH is 3. The van der Waals surface area contributed by atoms with Gasteiger partial charge in [0.05, 0.1) is 6.61 Å². The molecule has 522 valence electrons. The minimum Gasteiger partial charge on any atom is -0.508 e. The summed E-state index contributed by atoms with van der Waals surface area (Å²) in [5, 5.41) is 58.2. The fraction of sp³-hybridized carbons (Fsp3) is 0.318. The molecule has 12 nitrogen and oxygen atoms in total. The Morgan fingerprint density at radius 2 is 0.580 bits per heavy atom. The van der Waals surface area contributed by atoms with Gasteiger partial charge in [0.2, 0.25) is 0 Å². The van der Waals surface area contributed by atoms with Gasteiger partial charge in [-0.2, -0.15) is 0 Å². The molecule has 0 amide bonds. The van der Waals surface area contributed by atoms with E-state index in [9.17, 15) is 30.6 Å². The molecule has 3 heterocycles. The van der Waals surface area contributed by atoms with Crippen LogP contribution in [0.1, 0.15) is 134 Å². The summed E-state index contributed by atoms with van der Waals surface area (Å²) in [5.41, 5.74) is 16.6. The number of rotatable bonds is 28. The van der Waals surface area contributed by atoms with E-state index in [2.05, 4.69) is 109 Å². The van der Waals surface area contributed by atoms with Crippen molar-refractivity contribution in [2.45, 2.75) is 102 Å². The Bertz CT molecular complexity index is 3800. The lowest BCUT2D eigenvalue weighted by Crippen LogP contribution is -2.30. The van der Waals surface area contributed by atoms with Gasteiger partial charge in [-0.3, -0.25) is 0 Å². The standard InChI is InChI=1S/C30H35NO3.2C29H33NO3/c1-31-20-5-9-26(31)19-22-34-28-17-13-25(14-18-28)30(24-11-15-27(33)16-12-24)29(10-6-21-32)23-7-3-2-4-8-23;2*1-30-19-5-9-25(30)21-33-27-17-13-24(14-18-27)29(23-11-15-26(32)16-12-23)28(10-6-20-31)22-7-3-2-4-8-22/h2-4,7-8,11-18,26,32-33H,5-6,9-10,19-22H2,1H3;2*2-4,7-8,11-18,25,31-32H,5-6,9-10,19-21H2,1H3/b30-29-;2*29-28-/t;2*25-/m.10/s1. The quantitative estimate of drug-likeness (QED) is 0.0258. The molecule has 1 unspecified atom stereocenters. The average molecular weight is 1340 g/mol. The number of aliphatic hydroxyl groups is 3. The van der Waals surface area contributed by atoms with Crippen LogP contribution in [0.5, 0.6) is 34.5 Å². The molecule has 3 aliphatic heterocycles. The summed E-state index contributed by atoms with van der Waals surface area (Å²) >= 11 is 0. The first kappa shape index (κ1) is 73.5. The van der Waals surface area contributed by atoms with Crippen molar-refractivity contribution in [3.8, 4) is 34.5 Å². The van der Waals surface area contributed by atoms with Gasteiger partial charge in [0.15, 0.2) is 0 Å². The smallest absolute Gasteiger partial charge is 0.119 e. The van der Waals surface area contributed by atoms with E-state index in [1.165, 1.54) is 61.8 Å². The Morgan fingerprint density at radius 1 is 0.320 bits per heavy atom. The molecule has 12 rings (SSSR count). The average Bonchev–Trinajstić information content (AvgIpc) is 0.958. The number of hydrogen-bond donors (Lipinski definition) is 6. The summed E-state index contributed by atoms with van der Waals surface area (Å²) in [7, 11) is 6.53. The molecule has 0 aromatic heterocycles. The van der Waals surface area contributed by atoms with Crippen molar-refractivity contribution in [2.24, 2.45) is 0 Å². The van der Waals surface area contributed by atoms with Crippen molar-refractivity contribution in [3.05, 3.63) is 287 Å². The number of phenols is 3. The summed E-state index contributed by atoms with van der Waals surface area (Å²) in [6.07, 6.45) is 12.7. The monoisotopic (exact) mass is 1340 g/mol. The van der Waals surface area contributed by atoms with E-state index in [1.807, 2.05) is 127 Å². The van der Waals surface area contributed by atoms with Gasteiger partial charge in [-0.05, 0) is 281 Å². The van der Waals surface area contributed by atoms with Crippen molar-refractivity contribution < 1.29 is 44.8 Å². The largest absolute Gasteiger partial charge is 0.508 e. The van der Waals surface area contributed by atoms with Gasteiger partial charge >= 0.3 is 0 Å². The first-order valence-electron chi connectivity index (χ1n) is 35.8. The highest BCUT2D eigenvalue weighted by atomic mass is 16.5. The molecule has 3 atom stereocenters. The zero-order chi connectivity index (χ0) is 69.8. The lowest BCUT2D eigenvalue weighted by molar-refractivity contribution is 0.198. The molecule has 0 aliphatic carbocycles. The third-order valence-electron chi connectivity index (χ3n) is 19.5. The van der Waals surface area contributed by atoms with Gasteiger partial charge in [-0.25, -0.2) is 0 Å². The first-order valence-corrected chi connectivity index (χ1v) is 35.8. The van der Waals surface area contributed by atoms with Crippen LogP contribution in [0.2, 0.25) is 0 Å². The maximum atomic E-state index is 9.85. The number of likely N-dealkylation sites (tertiary alicyclic amines) is 3. The van der Waals surface area contributed by atoms with Crippen molar-refractivity contribution >= 4 is 33.4 Å². The SMILES string of the molecule is CN1CCCC1CCOc1ccc(/C(=C(/CCCO)c2ccccc2)c2ccc(O)cc2)cc1.CN1CCC[C@@H]1COc1ccc(/C(=C(/CCCO)c2ccccc2)c2ccc(O)cc2)cc1.CN1CCC[C@H]1COc1ccc(/C(=C(/CCCO)c2ccccc2)c2ccc(O)cc2)cc1. The zero-order valence-electron chi connectivity index (χ0n) is 58.6. The molecular weight excluding hydrogens is 1240 g/mol. The van der Waals surface area contributed by atoms with Crippen LogP contribution in [-0.4, -0.2) is 144 Å². The fourth-order valence-corrected chi connectivity index (χ4v) is 13.9. The lowest BCUT2D eigenvalue weighted by atomic mass is 9.87.